The average Bonchev–Trinajstić information content (AvgIpc) is 3.08. The van der Waals surface area contributed by atoms with Crippen LogP contribution in [0.4, 0.5) is 24.5 Å². The number of halogens is 3. The van der Waals surface area contributed by atoms with E-state index in [1.54, 1.807) is 45.0 Å². The van der Waals surface area contributed by atoms with Crippen molar-refractivity contribution in [1.82, 2.24) is 5.32 Å². The van der Waals surface area contributed by atoms with Gasteiger partial charge in [0.15, 0.2) is 0 Å². The monoisotopic (exact) mass is 695 g/mol. The number of alkyl halides is 3. The van der Waals surface area contributed by atoms with Crippen molar-refractivity contribution >= 4 is 35.1 Å². The fourth-order valence-electron chi connectivity index (χ4n) is 6.13. The summed E-state index contributed by atoms with van der Waals surface area (Å²) in [5.41, 5.74) is 1.61. The van der Waals surface area contributed by atoms with Gasteiger partial charge in [0.1, 0.15) is 5.54 Å². The molecule has 2 N–H and O–H groups in total. The molecular weight excluding hydrogens is 651 g/mol. The number of nitrogens with zero attached hydrogens (tertiary/aromatic N) is 1. The Morgan fingerprint density at radius 3 is 2.12 bits per heavy atom. The summed E-state index contributed by atoms with van der Waals surface area (Å²) < 4.78 is 49.5. The number of carbonyl (C=O) groups excluding carboxylic acids is 4. The fraction of sp³-hybridized carbons (Fsp3) is 0.421. The zero-order valence-corrected chi connectivity index (χ0v) is 28.8. The predicted octanol–water partition coefficient (Wildman–Crippen LogP) is 7.32. The fourth-order valence-corrected chi connectivity index (χ4v) is 6.13. The Balaban J connectivity index is 1.33. The number of amides is 2. The SMILES string of the molecule is CCOC(=O)CCC(C)(NC(=O)CC1CCN(c2ccc(NC(=O)c3cccc(C)c3-c3ccc(C(F)(F)F)cc3)cc2)CC1)C(=O)OCC. The van der Waals surface area contributed by atoms with Crippen molar-refractivity contribution in [3.05, 3.63) is 83.4 Å². The first-order chi connectivity index (χ1) is 23.7. The standard InChI is InChI=1S/C38H44F3N3O6/c1-5-49-33(46)18-21-37(4,36(48)50-6-2)43-32(45)24-26-19-22-44(23-20-26)30-16-14-29(15-17-30)42-35(47)31-9-7-8-25(3)34(31)27-10-12-28(13-11-27)38(39,40)41/h7-17,26H,5-6,18-24H2,1-4H3,(H,42,47)(H,43,45). The first-order valence-electron chi connectivity index (χ1n) is 16.8. The molecule has 3 aromatic carbocycles. The highest BCUT2D eigenvalue weighted by atomic mass is 19.4. The summed E-state index contributed by atoms with van der Waals surface area (Å²) in [6, 6.07) is 17.4. The van der Waals surface area contributed by atoms with Crippen molar-refractivity contribution in [2.45, 2.75) is 71.5 Å². The summed E-state index contributed by atoms with van der Waals surface area (Å²) in [5.74, 6) is -1.59. The van der Waals surface area contributed by atoms with E-state index in [0.29, 0.717) is 35.5 Å². The second-order valence-corrected chi connectivity index (χ2v) is 12.6. The molecule has 0 aliphatic carbocycles. The molecule has 1 aliphatic heterocycles. The molecule has 1 saturated heterocycles. The van der Waals surface area contributed by atoms with Gasteiger partial charge in [0, 0.05) is 42.9 Å². The zero-order chi connectivity index (χ0) is 36.5. The Morgan fingerprint density at radius 2 is 1.52 bits per heavy atom. The van der Waals surface area contributed by atoms with Gasteiger partial charge < -0.3 is 25.0 Å². The molecule has 50 heavy (non-hydrogen) atoms. The lowest BCUT2D eigenvalue weighted by molar-refractivity contribution is -0.154. The van der Waals surface area contributed by atoms with E-state index >= 15 is 0 Å². The van der Waals surface area contributed by atoms with E-state index in [1.807, 2.05) is 25.1 Å². The predicted molar refractivity (Wildman–Crippen MR) is 185 cm³/mol. The van der Waals surface area contributed by atoms with Crippen LogP contribution in [0.3, 0.4) is 0 Å². The second-order valence-electron chi connectivity index (χ2n) is 12.6. The van der Waals surface area contributed by atoms with Crippen LogP contribution in [0.15, 0.2) is 66.7 Å². The molecule has 268 valence electrons. The van der Waals surface area contributed by atoms with Gasteiger partial charge in [0.25, 0.3) is 5.91 Å². The maximum atomic E-state index is 13.4. The Kier molecular flexibility index (Phi) is 12.7. The van der Waals surface area contributed by atoms with Crippen molar-refractivity contribution in [3.63, 3.8) is 0 Å². The van der Waals surface area contributed by atoms with Crippen LogP contribution in [0.1, 0.15) is 74.4 Å². The summed E-state index contributed by atoms with van der Waals surface area (Å²) >= 11 is 0. The van der Waals surface area contributed by atoms with E-state index in [1.165, 1.54) is 12.1 Å². The number of hydrogen-bond acceptors (Lipinski definition) is 7. The number of anilines is 2. The van der Waals surface area contributed by atoms with Crippen LogP contribution < -0.4 is 15.5 Å². The number of nitrogens with one attached hydrogen (secondary N) is 2. The molecule has 0 radical (unpaired) electrons. The van der Waals surface area contributed by atoms with E-state index in [9.17, 15) is 32.3 Å². The van der Waals surface area contributed by atoms with Crippen molar-refractivity contribution in [1.29, 1.82) is 0 Å². The van der Waals surface area contributed by atoms with Gasteiger partial charge in [-0.15, -0.1) is 0 Å². The summed E-state index contributed by atoms with van der Waals surface area (Å²) in [4.78, 5) is 53.2. The third kappa shape index (κ3) is 9.86. The number of carbonyl (C=O) groups is 4. The minimum absolute atomic E-state index is 0.0278. The molecule has 0 saturated carbocycles. The van der Waals surface area contributed by atoms with Crippen LogP contribution in [0.5, 0.6) is 0 Å². The second kappa shape index (κ2) is 16.7. The Bertz CT molecular complexity index is 1650. The van der Waals surface area contributed by atoms with Crippen LogP contribution in [-0.2, 0) is 30.0 Å². The molecule has 1 fully saturated rings. The van der Waals surface area contributed by atoms with Crippen molar-refractivity contribution < 1.29 is 41.8 Å². The van der Waals surface area contributed by atoms with Gasteiger partial charge in [-0.2, -0.15) is 13.2 Å². The van der Waals surface area contributed by atoms with E-state index in [0.717, 1.165) is 36.2 Å². The van der Waals surface area contributed by atoms with Crippen LogP contribution in [0, 0.1) is 12.8 Å². The summed E-state index contributed by atoms with van der Waals surface area (Å²) in [6.07, 6.45) is -2.67. The molecule has 1 atom stereocenters. The molecule has 3 aromatic rings. The smallest absolute Gasteiger partial charge is 0.416 e. The summed E-state index contributed by atoms with van der Waals surface area (Å²) in [5, 5.41) is 5.72. The highest BCUT2D eigenvalue weighted by molar-refractivity contribution is 6.09. The minimum atomic E-state index is -4.45. The van der Waals surface area contributed by atoms with E-state index in [4.69, 9.17) is 9.47 Å². The third-order valence-corrected chi connectivity index (χ3v) is 8.87. The van der Waals surface area contributed by atoms with E-state index in [2.05, 4.69) is 15.5 Å². The number of ether oxygens (including phenoxy) is 2. The molecule has 9 nitrogen and oxygen atoms in total. The lowest BCUT2D eigenvalue weighted by atomic mass is 9.91. The van der Waals surface area contributed by atoms with Crippen molar-refractivity contribution in [2.24, 2.45) is 5.92 Å². The van der Waals surface area contributed by atoms with Gasteiger partial charge in [-0.05, 0) is 112 Å². The molecule has 4 rings (SSSR count). The normalized spacial score (nSPS) is 14.7. The highest BCUT2D eigenvalue weighted by Crippen LogP contribution is 2.34. The van der Waals surface area contributed by atoms with Gasteiger partial charge in [-0.25, -0.2) is 4.79 Å². The lowest BCUT2D eigenvalue weighted by Gasteiger charge is -2.34. The first kappa shape index (κ1) is 37.9. The summed E-state index contributed by atoms with van der Waals surface area (Å²) in [6.45, 7) is 8.55. The van der Waals surface area contributed by atoms with Gasteiger partial charge in [-0.3, -0.25) is 14.4 Å². The highest BCUT2D eigenvalue weighted by Gasteiger charge is 2.37. The lowest BCUT2D eigenvalue weighted by Crippen LogP contribution is -2.53. The van der Waals surface area contributed by atoms with Crippen LogP contribution in [0.2, 0.25) is 0 Å². The Hall–Kier alpha value is -4.87. The Labute approximate surface area is 290 Å². The van der Waals surface area contributed by atoms with Crippen molar-refractivity contribution in [2.75, 3.05) is 36.5 Å². The molecule has 2 amide bonds. The number of aryl methyl sites for hydroxylation is 1. The number of rotatable bonds is 13. The number of benzene rings is 3. The van der Waals surface area contributed by atoms with Crippen molar-refractivity contribution in [3.8, 4) is 11.1 Å². The summed E-state index contributed by atoms with van der Waals surface area (Å²) in [7, 11) is 0. The third-order valence-electron chi connectivity index (χ3n) is 8.87. The molecule has 1 heterocycles. The molecule has 1 aliphatic rings. The molecule has 0 spiro atoms. The average molecular weight is 696 g/mol. The Morgan fingerprint density at radius 1 is 0.880 bits per heavy atom. The molecule has 0 aromatic heterocycles. The maximum Gasteiger partial charge on any atom is 0.416 e. The molecule has 1 unspecified atom stereocenters. The van der Waals surface area contributed by atoms with Gasteiger partial charge >= 0.3 is 18.1 Å². The minimum Gasteiger partial charge on any atom is -0.466 e. The number of hydrogen-bond donors (Lipinski definition) is 2. The number of piperidine rings is 1. The zero-order valence-electron chi connectivity index (χ0n) is 28.8. The molecular formula is C38H44F3N3O6. The largest absolute Gasteiger partial charge is 0.466 e. The van der Waals surface area contributed by atoms with Crippen LogP contribution >= 0.6 is 0 Å². The van der Waals surface area contributed by atoms with E-state index in [-0.39, 0.29) is 50.2 Å². The topological polar surface area (TPSA) is 114 Å². The molecule has 0 bridgehead atoms. The van der Waals surface area contributed by atoms with Gasteiger partial charge in [0.2, 0.25) is 5.91 Å². The van der Waals surface area contributed by atoms with Crippen LogP contribution in [-0.4, -0.2) is 55.6 Å². The van der Waals surface area contributed by atoms with Gasteiger partial charge in [0.05, 0.1) is 18.8 Å². The number of esters is 2. The van der Waals surface area contributed by atoms with E-state index < -0.39 is 29.2 Å². The quantitative estimate of drug-likeness (QED) is 0.180. The maximum absolute atomic E-state index is 13.4. The first-order valence-corrected chi connectivity index (χ1v) is 16.8. The van der Waals surface area contributed by atoms with Crippen LogP contribution in [0.25, 0.3) is 11.1 Å². The van der Waals surface area contributed by atoms with Gasteiger partial charge in [-0.1, -0.05) is 24.3 Å². The molecule has 12 heteroatoms.